The van der Waals surface area contributed by atoms with Crippen molar-refractivity contribution in [1.29, 1.82) is 0 Å². The van der Waals surface area contributed by atoms with Gasteiger partial charge in [-0.2, -0.15) is 11.8 Å². The monoisotopic (exact) mass is 285 g/mol. The zero-order valence-corrected chi connectivity index (χ0v) is 12.9. The zero-order chi connectivity index (χ0) is 12.8. The molecule has 5 heteroatoms. The topological polar surface area (TPSA) is 28.2 Å². The minimum Gasteiger partial charge on any atom is -0.347 e. The van der Waals surface area contributed by atoms with Crippen LogP contribution in [0.25, 0.3) is 0 Å². The molecule has 0 unspecified atom stereocenters. The van der Waals surface area contributed by atoms with E-state index in [4.69, 9.17) is 0 Å². The van der Waals surface area contributed by atoms with Crippen LogP contribution < -0.4 is 10.2 Å². The third-order valence-electron chi connectivity index (χ3n) is 2.89. The predicted octanol–water partition coefficient (Wildman–Crippen LogP) is 2.83. The van der Waals surface area contributed by atoms with E-state index in [1.54, 1.807) is 0 Å². The molecule has 18 heavy (non-hydrogen) atoms. The minimum absolute atomic E-state index is 0.708. The van der Waals surface area contributed by atoms with Crippen LogP contribution in [-0.4, -0.2) is 36.1 Å². The van der Waals surface area contributed by atoms with E-state index >= 15 is 0 Å². The number of nitrogens with zero attached hydrogens (tertiary/aromatic N) is 2. The second-order valence-corrected chi connectivity index (χ2v) is 7.41. The van der Waals surface area contributed by atoms with E-state index in [2.05, 4.69) is 40.8 Å². The lowest BCUT2D eigenvalue weighted by Gasteiger charge is -2.18. The SMILES string of the molecule is CC(C)CNCc1cnc(N2CCCSCC2)s1. The normalized spacial score (nSPS) is 17.2. The number of nitrogens with one attached hydrogen (secondary N) is 1. The van der Waals surface area contributed by atoms with Crippen LogP contribution in [0.4, 0.5) is 5.13 Å². The summed E-state index contributed by atoms with van der Waals surface area (Å²) in [4.78, 5) is 8.37. The Kier molecular flexibility index (Phi) is 5.79. The summed E-state index contributed by atoms with van der Waals surface area (Å²) in [6.07, 6.45) is 3.32. The number of hydrogen-bond acceptors (Lipinski definition) is 5. The van der Waals surface area contributed by atoms with Crippen LogP contribution in [-0.2, 0) is 6.54 Å². The highest BCUT2D eigenvalue weighted by atomic mass is 32.2. The highest BCUT2D eigenvalue weighted by Gasteiger charge is 2.13. The molecule has 1 fully saturated rings. The maximum atomic E-state index is 4.57. The summed E-state index contributed by atoms with van der Waals surface area (Å²) in [7, 11) is 0. The van der Waals surface area contributed by atoms with Crippen molar-refractivity contribution in [2.75, 3.05) is 36.0 Å². The molecule has 1 saturated heterocycles. The summed E-state index contributed by atoms with van der Waals surface area (Å²) in [5, 5.41) is 4.68. The molecule has 1 aliphatic rings. The smallest absolute Gasteiger partial charge is 0.185 e. The van der Waals surface area contributed by atoms with Crippen LogP contribution in [0, 0.1) is 5.92 Å². The molecular weight excluding hydrogens is 262 g/mol. The van der Waals surface area contributed by atoms with E-state index < -0.39 is 0 Å². The van der Waals surface area contributed by atoms with E-state index in [0.717, 1.165) is 19.6 Å². The molecule has 0 aromatic carbocycles. The van der Waals surface area contributed by atoms with Gasteiger partial charge in [0, 0.05) is 36.5 Å². The van der Waals surface area contributed by atoms with Crippen LogP contribution in [0.2, 0.25) is 0 Å². The number of rotatable bonds is 5. The van der Waals surface area contributed by atoms with Crippen molar-refractivity contribution in [1.82, 2.24) is 10.3 Å². The van der Waals surface area contributed by atoms with E-state index in [1.807, 2.05) is 17.5 Å². The van der Waals surface area contributed by atoms with E-state index in [9.17, 15) is 0 Å². The molecule has 3 nitrogen and oxygen atoms in total. The first-order chi connectivity index (χ1) is 8.75. The van der Waals surface area contributed by atoms with Crippen LogP contribution in [0.5, 0.6) is 0 Å². The van der Waals surface area contributed by atoms with Gasteiger partial charge in [0.1, 0.15) is 0 Å². The predicted molar refractivity (Wildman–Crippen MR) is 82.8 cm³/mol. The number of thiazole rings is 1. The van der Waals surface area contributed by atoms with Crippen molar-refractivity contribution in [2.24, 2.45) is 5.92 Å². The van der Waals surface area contributed by atoms with Crippen LogP contribution >= 0.6 is 23.1 Å². The van der Waals surface area contributed by atoms with Crippen molar-refractivity contribution >= 4 is 28.2 Å². The first-order valence-electron chi connectivity index (χ1n) is 6.74. The van der Waals surface area contributed by atoms with Gasteiger partial charge in [0.15, 0.2) is 5.13 Å². The van der Waals surface area contributed by atoms with Gasteiger partial charge in [0.25, 0.3) is 0 Å². The van der Waals surface area contributed by atoms with Gasteiger partial charge in [0.05, 0.1) is 0 Å². The maximum absolute atomic E-state index is 4.57. The van der Waals surface area contributed by atoms with E-state index in [0.29, 0.717) is 5.92 Å². The van der Waals surface area contributed by atoms with Gasteiger partial charge >= 0.3 is 0 Å². The molecule has 0 spiro atoms. The van der Waals surface area contributed by atoms with Gasteiger partial charge in [0.2, 0.25) is 0 Å². The van der Waals surface area contributed by atoms with E-state index in [-0.39, 0.29) is 0 Å². The molecule has 2 rings (SSSR count). The van der Waals surface area contributed by atoms with Crippen LogP contribution in [0.15, 0.2) is 6.20 Å². The Morgan fingerprint density at radius 1 is 1.39 bits per heavy atom. The van der Waals surface area contributed by atoms with Crippen molar-refractivity contribution < 1.29 is 0 Å². The molecule has 1 aromatic heterocycles. The van der Waals surface area contributed by atoms with Gasteiger partial charge in [-0.25, -0.2) is 4.98 Å². The Balaban J connectivity index is 1.84. The summed E-state index contributed by atoms with van der Waals surface area (Å²) < 4.78 is 0. The lowest BCUT2D eigenvalue weighted by Crippen LogP contribution is -2.25. The molecule has 0 atom stereocenters. The Bertz CT molecular complexity index is 344. The van der Waals surface area contributed by atoms with Crippen LogP contribution in [0.3, 0.4) is 0 Å². The van der Waals surface area contributed by atoms with Crippen molar-refractivity contribution in [3.8, 4) is 0 Å². The Morgan fingerprint density at radius 3 is 3.11 bits per heavy atom. The quantitative estimate of drug-likeness (QED) is 0.900. The summed E-state index contributed by atoms with van der Waals surface area (Å²) in [5.41, 5.74) is 0. The molecule has 0 radical (unpaired) electrons. The maximum Gasteiger partial charge on any atom is 0.185 e. The summed E-state index contributed by atoms with van der Waals surface area (Å²) >= 11 is 3.90. The molecule has 1 aromatic rings. The van der Waals surface area contributed by atoms with Crippen LogP contribution in [0.1, 0.15) is 25.1 Å². The van der Waals surface area contributed by atoms with Crippen molar-refractivity contribution in [2.45, 2.75) is 26.8 Å². The fourth-order valence-corrected chi connectivity index (χ4v) is 3.76. The second-order valence-electron chi connectivity index (χ2n) is 5.09. The molecule has 0 aliphatic carbocycles. The average Bonchev–Trinajstić information content (AvgIpc) is 2.63. The summed E-state index contributed by atoms with van der Waals surface area (Å²) in [6.45, 7) is 8.82. The summed E-state index contributed by atoms with van der Waals surface area (Å²) in [5.74, 6) is 3.24. The molecule has 0 saturated carbocycles. The number of aromatic nitrogens is 1. The van der Waals surface area contributed by atoms with E-state index in [1.165, 1.54) is 34.5 Å². The number of hydrogen-bond donors (Lipinski definition) is 1. The largest absolute Gasteiger partial charge is 0.347 e. The van der Waals surface area contributed by atoms with Gasteiger partial charge in [-0.05, 0) is 24.6 Å². The summed E-state index contributed by atoms with van der Waals surface area (Å²) in [6, 6.07) is 0. The molecule has 102 valence electrons. The third kappa shape index (κ3) is 4.44. The zero-order valence-electron chi connectivity index (χ0n) is 11.3. The minimum atomic E-state index is 0.708. The number of anilines is 1. The molecule has 0 bridgehead atoms. The third-order valence-corrected chi connectivity index (χ3v) is 4.99. The Hall–Kier alpha value is -0.260. The first kappa shape index (κ1) is 14.2. The van der Waals surface area contributed by atoms with Gasteiger partial charge in [-0.1, -0.05) is 13.8 Å². The number of thioether (sulfide) groups is 1. The Labute approximate surface area is 118 Å². The van der Waals surface area contributed by atoms with Crippen molar-refractivity contribution in [3.05, 3.63) is 11.1 Å². The molecular formula is C13H23N3S2. The lowest BCUT2D eigenvalue weighted by atomic mass is 10.2. The Morgan fingerprint density at radius 2 is 2.28 bits per heavy atom. The molecule has 1 N–H and O–H groups in total. The fraction of sp³-hybridized carbons (Fsp3) is 0.769. The first-order valence-corrected chi connectivity index (χ1v) is 8.71. The van der Waals surface area contributed by atoms with Crippen molar-refractivity contribution in [3.63, 3.8) is 0 Å². The highest BCUT2D eigenvalue weighted by molar-refractivity contribution is 7.99. The van der Waals surface area contributed by atoms with Gasteiger partial charge in [-0.3, -0.25) is 0 Å². The van der Waals surface area contributed by atoms with Gasteiger partial charge in [-0.15, -0.1) is 11.3 Å². The average molecular weight is 285 g/mol. The molecule has 2 heterocycles. The molecule has 1 aliphatic heterocycles. The second kappa shape index (κ2) is 7.36. The molecule has 0 amide bonds. The highest BCUT2D eigenvalue weighted by Crippen LogP contribution is 2.24. The lowest BCUT2D eigenvalue weighted by molar-refractivity contribution is 0.554. The van der Waals surface area contributed by atoms with Gasteiger partial charge < -0.3 is 10.2 Å². The standard InChI is InChI=1S/C13H23N3S2/c1-11(2)8-14-9-12-10-15-13(18-12)16-4-3-6-17-7-5-16/h10-11,14H,3-9H2,1-2H3. The fourth-order valence-electron chi connectivity index (χ4n) is 1.95.